The van der Waals surface area contributed by atoms with Crippen molar-refractivity contribution in [2.75, 3.05) is 11.9 Å². The second-order valence-electron chi connectivity index (χ2n) is 5.54. The van der Waals surface area contributed by atoms with Crippen molar-refractivity contribution in [2.24, 2.45) is 0 Å². The normalized spacial score (nSPS) is 20.8. The molecule has 0 saturated carbocycles. The van der Waals surface area contributed by atoms with E-state index >= 15 is 0 Å². The van der Waals surface area contributed by atoms with E-state index in [0.717, 1.165) is 23.0 Å². The SMILES string of the molecule is Cc1ccc2c(c1)C(CO)(Nc1cccc(Br)c1)CC2. The molecule has 2 N–H and O–H groups in total. The van der Waals surface area contributed by atoms with E-state index in [9.17, 15) is 5.11 Å². The molecule has 0 amide bonds. The lowest BCUT2D eigenvalue weighted by Crippen LogP contribution is -2.37. The molecule has 3 rings (SSSR count). The van der Waals surface area contributed by atoms with Crippen LogP contribution in [0.15, 0.2) is 46.9 Å². The predicted octanol–water partition coefficient (Wildman–Crippen LogP) is 4.00. The molecule has 0 radical (unpaired) electrons. The molecular weight excluding hydrogens is 314 g/mol. The molecular formula is C17H18BrNO. The second kappa shape index (κ2) is 5.23. The number of fused-ring (bicyclic) bond motifs is 1. The number of rotatable bonds is 3. The van der Waals surface area contributed by atoms with Crippen molar-refractivity contribution in [1.82, 2.24) is 0 Å². The van der Waals surface area contributed by atoms with Gasteiger partial charge in [0.25, 0.3) is 0 Å². The Morgan fingerprint density at radius 2 is 2.10 bits per heavy atom. The van der Waals surface area contributed by atoms with Crippen LogP contribution < -0.4 is 5.32 Å². The Hall–Kier alpha value is -1.32. The van der Waals surface area contributed by atoms with Gasteiger partial charge in [-0.2, -0.15) is 0 Å². The van der Waals surface area contributed by atoms with Gasteiger partial charge in [-0.3, -0.25) is 0 Å². The number of aryl methyl sites for hydroxylation is 2. The maximum atomic E-state index is 10.0. The van der Waals surface area contributed by atoms with Crippen LogP contribution in [0, 0.1) is 6.92 Å². The van der Waals surface area contributed by atoms with Crippen LogP contribution in [0.2, 0.25) is 0 Å². The molecule has 2 aromatic carbocycles. The summed E-state index contributed by atoms with van der Waals surface area (Å²) in [6.45, 7) is 2.20. The molecule has 1 aliphatic rings. The first kappa shape index (κ1) is 13.7. The largest absolute Gasteiger partial charge is 0.394 e. The van der Waals surface area contributed by atoms with Gasteiger partial charge in [-0.25, -0.2) is 0 Å². The van der Waals surface area contributed by atoms with Gasteiger partial charge < -0.3 is 10.4 Å². The minimum Gasteiger partial charge on any atom is -0.394 e. The Morgan fingerprint density at radius 3 is 2.85 bits per heavy atom. The Morgan fingerprint density at radius 1 is 1.25 bits per heavy atom. The van der Waals surface area contributed by atoms with Crippen molar-refractivity contribution in [3.63, 3.8) is 0 Å². The third-order valence-corrected chi connectivity index (χ3v) is 4.57. The van der Waals surface area contributed by atoms with Crippen molar-refractivity contribution >= 4 is 21.6 Å². The first-order valence-corrected chi connectivity index (χ1v) is 7.67. The predicted molar refractivity (Wildman–Crippen MR) is 86.0 cm³/mol. The standard InChI is InChI=1S/C17H18BrNO/c1-12-5-6-13-7-8-17(11-20,16(13)9-12)19-15-4-2-3-14(18)10-15/h2-6,9-10,19-20H,7-8,11H2,1H3. The van der Waals surface area contributed by atoms with E-state index in [4.69, 9.17) is 0 Å². The second-order valence-corrected chi connectivity index (χ2v) is 6.45. The fourth-order valence-electron chi connectivity index (χ4n) is 3.01. The van der Waals surface area contributed by atoms with Crippen molar-refractivity contribution in [1.29, 1.82) is 0 Å². The zero-order valence-corrected chi connectivity index (χ0v) is 13.1. The Balaban J connectivity index is 2.00. The molecule has 0 saturated heterocycles. The topological polar surface area (TPSA) is 32.3 Å². The van der Waals surface area contributed by atoms with E-state index < -0.39 is 0 Å². The van der Waals surface area contributed by atoms with Gasteiger partial charge in [-0.15, -0.1) is 0 Å². The molecule has 1 aliphatic carbocycles. The molecule has 0 aliphatic heterocycles. The first-order chi connectivity index (χ1) is 9.63. The fraction of sp³-hybridized carbons (Fsp3) is 0.294. The van der Waals surface area contributed by atoms with Crippen molar-refractivity contribution < 1.29 is 5.11 Å². The summed E-state index contributed by atoms with van der Waals surface area (Å²) in [4.78, 5) is 0. The van der Waals surface area contributed by atoms with Crippen LogP contribution in [-0.4, -0.2) is 11.7 Å². The summed E-state index contributed by atoms with van der Waals surface area (Å²) in [5.74, 6) is 0. The van der Waals surface area contributed by atoms with Gasteiger partial charge in [0.15, 0.2) is 0 Å². The molecule has 20 heavy (non-hydrogen) atoms. The highest BCUT2D eigenvalue weighted by Crippen LogP contribution is 2.40. The maximum absolute atomic E-state index is 10.0. The molecule has 0 bridgehead atoms. The van der Waals surface area contributed by atoms with Crippen LogP contribution in [0.1, 0.15) is 23.1 Å². The zero-order chi connectivity index (χ0) is 14.2. The summed E-state index contributed by atoms with van der Waals surface area (Å²) >= 11 is 3.49. The summed E-state index contributed by atoms with van der Waals surface area (Å²) in [7, 11) is 0. The van der Waals surface area contributed by atoms with Crippen LogP contribution in [0.4, 0.5) is 5.69 Å². The molecule has 0 heterocycles. The minimum absolute atomic E-state index is 0.107. The third kappa shape index (κ3) is 2.36. The molecule has 0 aromatic heterocycles. The Kier molecular flexibility index (Phi) is 3.57. The number of anilines is 1. The molecule has 1 unspecified atom stereocenters. The first-order valence-electron chi connectivity index (χ1n) is 6.88. The number of halogens is 1. The lowest BCUT2D eigenvalue weighted by Gasteiger charge is -2.31. The molecule has 3 heteroatoms. The van der Waals surface area contributed by atoms with Crippen molar-refractivity contribution in [2.45, 2.75) is 25.3 Å². The Labute approximate surface area is 128 Å². The molecule has 0 fully saturated rings. The van der Waals surface area contributed by atoms with E-state index in [-0.39, 0.29) is 12.1 Å². The molecule has 0 spiro atoms. The van der Waals surface area contributed by atoms with Crippen LogP contribution in [0.25, 0.3) is 0 Å². The summed E-state index contributed by atoms with van der Waals surface area (Å²) in [6, 6.07) is 14.6. The number of benzene rings is 2. The van der Waals surface area contributed by atoms with Crippen LogP contribution >= 0.6 is 15.9 Å². The van der Waals surface area contributed by atoms with Gasteiger partial charge in [0.2, 0.25) is 0 Å². The highest BCUT2D eigenvalue weighted by molar-refractivity contribution is 9.10. The summed E-state index contributed by atoms with van der Waals surface area (Å²) < 4.78 is 1.04. The Bertz CT molecular complexity index is 641. The molecule has 104 valence electrons. The molecule has 2 nitrogen and oxygen atoms in total. The number of aliphatic hydroxyl groups is 1. The highest BCUT2D eigenvalue weighted by Gasteiger charge is 2.38. The minimum atomic E-state index is -0.359. The quantitative estimate of drug-likeness (QED) is 0.890. The number of hydrogen-bond acceptors (Lipinski definition) is 2. The van der Waals surface area contributed by atoms with E-state index in [2.05, 4.69) is 46.4 Å². The van der Waals surface area contributed by atoms with Crippen LogP contribution in [0.3, 0.4) is 0 Å². The average Bonchev–Trinajstić information content (AvgIpc) is 2.78. The number of aliphatic hydroxyl groups excluding tert-OH is 1. The number of hydrogen-bond donors (Lipinski definition) is 2. The lowest BCUT2D eigenvalue weighted by atomic mass is 9.91. The highest BCUT2D eigenvalue weighted by atomic mass is 79.9. The summed E-state index contributed by atoms with van der Waals surface area (Å²) in [5, 5.41) is 13.6. The zero-order valence-electron chi connectivity index (χ0n) is 11.5. The van der Waals surface area contributed by atoms with Gasteiger partial charge in [0.05, 0.1) is 12.1 Å². The monoisotopic (exact) mass is 331 g/mol. The summed E-state index contributed by atoms with van der Waals surface area (Å²) in [5.41, 5.74) is 4.48. The third-order valence-electron chi connectivity index (χ3n) is 4.08. The van der Waals surface area contributed by atoms with Crippen molar-refractivity contribution in [3.05, 3.63) is 63.6 Å². The van der Waals surface area contributed by atoms with E-state index in [1.165, 1.54) is 16.7 Å². The smallest absolute Gasteiger partial charge is 0.0862 e. The van der Waals surface area contributed by atoms with Crippen LogP contribution in [0.5, 0.6) is 0 Å². The lowest BCUT2D eigenvalue weighted by molar-refractivity contribution is 0.211. The molecule has 1 atom stereocenters. The maximum Gasteiger partial charge on any atom is 0.0862 e. The fourth-order valence-corrected chi connectivity index (χ4v) is 3.41. The van der Waals surface area contributed by atoms with Gasteiger partial charge >= 0.3 is 0 Å². The average molecular weight is 332 g/mol. The van der Waals surface area contributed by atoms with Gasteiger partial charge in [0, 0.05) is 10.2 Å². The molecule has 2 aromatic rings. The van der Waals surface area contributed by atoms with Gasteiger partial charge in [-0.05, 0) is 49.1 Å². The van der Waals surface area contributed by atoms with Crippen LogP contribution in [-0.2, 0) is 12.0 Å². The summed E-state index contributed by atoms with van der Waals surface area (Å²) in [6.07, 6.45) is 1.94. The van der Waals surface area contributed by atoms with E-state index in [0.29, 0.717) is 0 Å². The van der Waals surface area contributed by atoms with Gasteiger partial charge in [0.1, 0.15) is 0 Å². The van der Waals surface area contributed by atoms with E-state index in [1.54, 1.807) is 0 Å². The van der Waals surface area contributed by atoms with Gasteiger partial charge in [-0.1, -0.05) is 45.8 Å². The number of nitrogens with one attached hydrogen (secondary N) is 1. The van der Waals surface area contributed by atoms with Crippen molar-refractivity contribution in [3.8, 4) is 0 Å². The van der Waals surface area contributed by atoms with E-state index in [1.807, 2.05) is 24.3 Å².